The number of aromatic amines is 1. The van der Waals surface area contributed by atoms with Crippen molar-refractivity contribution in [3.05, 3.63) is 30.1 Å². The fourth-order valence-electron chi connectivity index (χ4n) is 2.75. The van der Waals surface area contributed by atoms with Gasteiger partial charge in [0, 0.05) is 25.4 Å². The molecule has 8 heteroatoms. The number of nitrogens with one attached hydrogen (secondary N) is 1. The van der Waals surface area contributed by atoms with Crippen molar-refractivity contribution < 1.29 is 13.2 Å². The van der Waals surface area contributed by atoms with Crippen molar-refractivity contribution in [3.8, 4) is 0 Å². The van der Waals surface area contributed by atoms with Crippen LogP contribution in [0, 0.1) is 5.92 Å². The molecule has 0 saturated carbocycles. The first-order valence-electron chi connectivity index (χ1n) is 6.61. The van der Waals surface area contributed by atoms with E-state index in [2.05, 4.69) is 9.97 Å². The van der Waals surface area contributed by atoms with Crippen LogP contribution in [0.15, 0.2) is 24.5 Å². The number of amides is 1. The summed E-state index contributed by atoms with van der Waals surface area (Å²) in [6.07, 6.45) is 1.86. The van der Waals surface area contributed by atoms with Crippen molar-refractivity contribution in [1.82, 2.24) is 14.9 Å². The van der Waals surface area contributed by atoms with Crippen LogP contribution in [0.25, 0.3) is 11.0 Å². The van der Waals surface area contributed by atoms with Crippen molar-refractivity contribution in [2.24, 2.45) is 11.1 Å². The Bertz CT molecular complexity index is 784. The quantitative estimate of drug-likeness (QED) is 0.840. The number of H-pyrrole nitrogens is 1. The highest BCUT2D eigenvalue weighted by atomic mass is 32.2. The normalized spacial score (nSPS) is 19.6. The average molecular weight is 308 g/mol. The van der Waals surface area contributed by atoms with Crippen molar-refractivity contribution in [3.63, 3.8) is 0 Å². The summed E-state index contributed by atoms with van der Waals surface area (Å²) in [5.41, 5.74) is 2.77. The van der Waals surface area contributed by atoms with Crippen molar-refractivity contribution in [2.75, 3.05) is 12.3 Å². The topological polar surface area (TPSA) is 109 Å². The predicted octanol–water partition coefficient (Wildman–Crippen LogP) is 0.200. The summed E-state index contributed by atoms with van der Waals surface area (Å²) in [7, 11) is -3.54. The highest BCUT2D eigenvalue weighted by Crippen LogP contribution is 2.22. The third kappa shape index (κ3) is 3.22. The Kier molecular flexibility index (Phi) is 3.42. The number of carbonyl (C=O) groups is 1. The van der Waals surface area contributed by atoms with E-state index in [0.717, 1.165) is 16.6 Å². The smallest absolute Gasteiger partial charge is 0.223 e. The molecule has 1 aromatic carbocycles. The number of likely N-dealkylation sites (tertiary alicyclic amines) is 1. The molecule has 7 nitrogen and oxygen atoms in total. The summed E-state index contributed by atoms with van der Waals surface area (Å²) in [5.74, 6) is -0.397. The molecule has 1 atom stereocenters. The van der Waals surface area contributed by atoms with Gasteiger partial charge < -0.3 is 9.88 Å². The van der Waals surface area contributed by atoms with Crippen LogP contribution in [0.5, 0.6) is 0 Å². The molecule has 2 heterocycles. The molecule has 1 saturated heterocycles. The predicted molar refractivity (Wildman–Crippen MR) is 77.6 cm³/mol. The largest absolute Gasteiger partial charge is 0.345 e. The summed E-state index contributed by atoms with van der Waals surface area (Å²) in [4.78, 5) is 20.8. The van der Waals surface area contributed by atoms with Crippen LogP contribution in [0.3, 0.4) is 0 Å². The number of hydrogen-bond acceptors (Lipinski definition) is 4. The first kappa shape index (κ1) is 14.0. The number of nitrogens with zero attached hydrogens (tertiary/aromatic N) is 2. The maximum atomic E-state index is 12.0. The Morgan fingerprint density at radius 1 is 1.43 bits per heavy atom. The van der Waals surface area contributed by atoms with Crippen molar-refractivity contribution in [1.29, 1.82) is 0 Å². The van der Waals surface area contributed by atoms with E-state index in [9.17, 15) is 13.2 Å². The summed E-state index contributed by atoms with van der Waals surface area (Å²) in [6.45, 7) is 0.894. The van der Waals surface area contributed by atoms with E-state index in [1.807, 2.05) is 18.2 Å². The zero-order valence-electron chi connectivity index (χ0n) is 11.3. The molecular weight excluding hydrogens is 292 g/mol. The SMILES string of the molecule is NS(=O)(=O)CC1CC(=O)N(Cc2ccc3nc[nH]c3c2)C1. The minimum absolute atomic E-state index is 0.0339. The molecule has 0 aliphatic carbocycles. The zero-order chi connectivity index (χ0) is 15.0. The van der Waals surface area contributed by atoms with Crippen molar-refractivity contribution >= 4 is 27.0 Å². The molecule has 3 N–H and O–H groups in total. The lowest BCUT2D eigenvalue weighted by atomic mass is 10.1. The first-order valence-corrected chi connectivity index (χ1v) is 8.32. The number of nitrogens with two attached hydrogens (primary N) is 1. The second-order valence-corrected chi connectivity index (χ2v) is 7.09. The van der Waals surface area contributed by atoms with Crippen LogP contribution in [-0.2, 0) is 21.4 Å². The van der Waals surface area contributed by atoms with Gasteiger partial charge in [0.15, 0.2) is 0 Å². The fourth-order valence-corrected chi connectivity index (χ4v) is 3.63. The molecule has 1 aliphatic rings. The number of primary sulfonamides is 1. The molecule has 21 heavy (non-hydrogen) atoms. The molecule has 1 amide bonds. The van der Waals surface area contributed by atoms with E-state index in [4.69, 9.17) is 5.14 Å². The lowest BCUT2D eigenvalue weighted by Gasteiger charge is -2.16. The number of fused-ring (bicyclic) bond motifs is 1. The molecule has 1 unspecified atom stereocenters. The number of sulfonamides is 1. The Balaban J connectivity index is 1.71. The van der Waals surface area contributed by atoms with Crippen LogP contribution in [-0.4, -0.2) is 41.5 Å². The maximum Gasteiger partial charge on any atom is 0.223 e. The number of rotatable bonds is 4. The Hall–Kier alpha value is -1.93. The molecule has 0 bridgehead atoms. The summed E-state index contributed by atoms with van der Waals surface area (Å²) >= 11 is 0. The van der Waals surface area contributed by atoms with Gasteiger partial charge in [0.2, 0.25) is 15.9 Å². The number of benzene rings is 1. The number of aromatic nitrogens is 2. The summed E-state index contributed by atoms with van der Waals surface area (Å²) < 4.78 is 22.2. The highest BCUT2D eigenvalue weighted by molar-refractivity contribution is 7.89. The van der Waals surface area contributed by atoms with Crippen LogP contribution in [0.4, 0.5) is 0 Å². The van der Waals surface area contributed by atoms with Gasteiger partial charge in [-0.3, -0.25) is 4.79 Å². The third-order valence-corrected chi connectivity index (χ3v) is 4.56. The summed E-state index contributed by atoms with van der Waals surface area (Å²) in [6, 6.07) is 5.76. The van der Waals surface area contributed by atoms with Gasteiger partial charge in [-0.15, -0.1) is 0 Å². The van der Waals surface area contributed by atoms with E-state index in [1.165, 1.54) is 0 Å². The van der Waals surface area contributed by atoms with Gasteiger partial charge in [-0.1, -0.05) is 6.07 Å². The Morgan fingerprint density at radius 3 is 3.00 bits per heavy atom. The number of imidazole rings is 1. The van der Waals surface area contributed by atoms with Gasteiger partial charge in [0.05, 0.1) is 23.1 Å². The van der Waals surface area contributed by atoms with Crippen LogP contribution < -0.4 is 5.14 Å². The van der Waals surface area contributed by atoms with Gasteiger partial charge in [-0.2, -0.15) is 0 Å². The lowest BCUT2D eigenvalue weighted by molar-refractivity contribution is -0.128. The van der Waals surface area contributed by atoms with Gasteiger partial charge in [-0.05, 0) is 17.7 Å². The monoisotopic (exact) mass is 308 g/mol. The van der Waals surface area contributed by atoms with E-state index < -0.39 is 10.0 Å². The zero-order valence-corrected chi connectivity index (χ0v) is 12.1. The van der Waals surface area contributed by atoms with Crippen LogP contribution in [0.1, 0.15) is 12.0 Å². The molecular formula is C13H16N4O3S. The molecule has 1 aromatic heterocycles. The third-order valence-electron chi connectivity index (χ3n) is 3.62. The molecule has 0 radical (unpaired) electrons. The molecule has 1 fully saturated rings. The van der Waals surface area contributed by atoms with Gasteiger partial charge in [0.1, 0.15) is 0 Å². The van der Waals surface area contributed by atoms with Gasteiger partial charge >= 0.3 is 0 Å². The maximum absolute atomic E-state index is 12.0. The molecule has 112 valence electrons. The standard InChI is InChI=1S/C13H16N4O3S/c14-21(19,20)7-10-4-13(18)17(6-10)5-9-1-2-11-12(3-9)16-8-15-11/h1-3,8,10H,4-7H2,(H,15,16)(H2,14,19,20). The lowest BCUT2D eigenvalue weighted by Crippen LogP contribution is -2.27. The molecule has 0 spiro atoms. The minimum Gasteiger partial charge on any atom is -0.345 e. The Labute approximate surface area is 122 Å². The van der Waals surface area contributed by atoms with E-state index in [1.54, 1.807) is 11.2 Å². The second kappa shape index (κ2) is 5.12. The Morgan fingerprint density at radius 2 is 2.24 bits per heavy atom. The van der Waals surface area contributed by atoms with Crippen LogP contribution in [0.2, 0.25) is 0 Å². The average Bonchev–Trinajstić information content (AvgIpc) is 2.94. The summed E-state index contributed by atoms with van der Waals surface area (Å²) in [5, 5.41) is 5.04. The molecule has 2 aromatic rings. The molecule has 1 aliphatic heterocycles. The number of carbonyl (C=O) groups excluding carboxylic acids is 1. The van der Waals surface area contributed by atoms with Gasteiger partial charge in [-0.25, -0.2) is 18.5 Å². The van der Waals surface area contributed by atoms with Gasteiger partial charge in [0.25, 0.3) is 0 Å². The van der Waals surface area contributed by atoms with E-state index in [-0.39, 0.29) is 24.0 Å². The van der Waals surface area contributed by atoms with E-state index >= 15 is 0 Å². The van der Waals surface area contributed by atoms with E-state index in [0.29, 0.717) is 13.1 Å². The first-order chi connectivity index (χ1) is 9.90. The van der Waals surface area contributed by atoms with Crippen LogP contribution >= 0.6 is 0 Å². The van der Waals surface area contributed by atoms with Crippen molar-refractivity contribution in [2.45, 2.75) is 13.0 Å². The second-order valence-electron chi connectivity index (χ2n) is 5.43. The fraction of sp³-hybridized carbons (Fsp3) is 0.385. The highest BCUT2D eigenvalue weighted by Gasteiger charge is 2.31. The number of hydrogen-bond donors (Lipinski definition) is 2. The molecule has 3 rings (SSSR count). The minimum atomic E-state index is -3.54.